The summed E-state index contributed by atoms with van der Waals surface area (Å²) in [7, 11) is 0. The smallest absolute Gasteiger partial charge is 0.305 e. The number of nitro benzene ring substituents is 1. The van der Waals surface area contributed by atoms with E-state index >= 15 is 0 Å². The number of rotatable bonds is 6. The molecular weight excluding hydrogens is 243 g/mol. The van der Waals surface area contributed by atoms with Crippen molar-refractivity contribution in [2.75, 3.05) is 18.0 Å². The quantitative estimate of drug-likeness (QED) is 0.622. The number of carbonyl (C=O) groups is 1. The van der Waals surface area contributed by atoms with Gasteiger partial charge in [-0.15, -0.1) is 0 Å². The number of nitrogens with zero attached hydrogens (tertiary/aromatic N) is 2. The highest BCUT2D eigenvalue weighted by Crippen LogP contribution is 2.28. The first-order chi connectivity index (χ1) is 8.45. The van der Waals surface area contributed by atoms with Gasteiger partial charge in [0.25, 0.3) is 5.69 Å². The van der Waals surface area contributed by atoms with Crippen LogP contribution >= 0.6 is 0 Å². The Morgan fingerprint density at radius 3 is 2.72 bits per heavy atom. The number of anilines is 1. The average Bonchev–Trinajstić information content (AvgIpc) is 2.29. The number of nitro groups is 1. The number of halogens is 1. The van der Waals surface area contributed by atoms with Crippen LogP contribution in [-0.2, 0) is 4.79 Å². The van der Waals surface area contributed by atoms with E-state index in [1.165, 1.54) is 4.90 Å². The molecule has 0 heterocycles. The van der Waals surface area contributed by atoms with Crippen LogP contribution in [0.5, 0.6) is 0 Å². The van der Waals surface area contributed by atoms with Crippen molar-refractivity contribution in [3.05, 3.63) is 34.1 Å². The maximum atomic E-state index is 13.1. The minimum atomic E-state index is -1.01. The molecule has 0 atom stereocenters. The van der Waals surface area contributed by atoms with E-state index in [2.05, 4.69) is 0 Å². The number of aliphatic carboxylic acids is 1. The van der Waals surface area contributed by atoms with Crippen LogP contribution in [-0.4, -0.2) is 29.1 Å². The van der Waals surface area contributed by atoms with Gasteiger partial charge in [-0.05, 0) is 13.0 Å². The third-order valence-corrected chi connectivity index (χ3v) is 2.45. The molecule has 0 amide bonds. The Morgan fingerprint density at radius 1 is 1.56 bits per heavy atom. The van der Waals surface area contributed by atoms with E-state index in [0.717, 1.165) is 18.2 Å². The zero-order valence-corrected chi connectivity index (χ0v) is 9.80. The highest BCUT2D eigenvalue weighted by molar-refractivity contribution is 5.69. The molecule has 0 aliphatic heterocycles. The molecule has 1 N–H and O–H groups in total. The van der Waals surface area contributed by atoms with Crippen LogP contribution in [0.4, 0.5) is 15.8 Å². The zero-order chi connectivity index (χ0) is 13.7. The lowest BCUT2D eigenvalue weighted by atomic mass is 10.2. The van der Waals surface area contributed by atoms with Gasteiger partial charge in [-0.1, -0.05) is 0 Å². The summed E-state index contributed by atoms with van der Waals surface area (Å²) in [5, 5.41) is 19.4. The summed E-state index contributed by atoms with van der Waals surface area (Å²) < 4.78 is 13.1. The molecule has 0 aliphatic rings. The second kappa shape index (κ2) is 5.95. The predicted molar refractivity (Wildman–Crippen MR) is 63.2 cm³/mol. The third kappa shape index (κ3) is 3.41. The third-order valence-electron chi connectivity index (χ3n) is 2.45. The van der Waals surface area contributed by atoms with Crippen LogP contribution in [0.3, 0.4) is 0 Å². The summed E-state index contributed by atoms with van der Waals surface area (Å²) in [6.07, 6.45) is -0.165. The van der Waals surface area contributed by atoms with Gasteiger partial charge in [0.15, 0.2) is 0 Å². The zero-order valence-electron chi connectivity index (χ0n) is 9.80. The van der Waals surface area contributed by atoms with Gasteiger partial charge in [0.1, 0.15) is 11.5 Å². The van der Waals surface area contributed by atoms with Crippen molar-refractivity contribution in [2.24, 2.45) is 0 Å². The second-order valence-electron chi connectivity index (χ2n) is 3.61. The molecule has 98 valence electrons. The largest absolute Gasteiger partial charge is 0.481 e. The highest BCUT2D eigenvalue weighted by atomic mass is 19.1. The summed E-state index contributed by atoms with van der Waals surface area (Å²) >= 11 is 0. The molecule has 7 heteroatoms. The number of benzene rings is 1. The molecule has 1 aromatic carbocycles. The van der Waals surface area contributed by atoms with Gasteiger partial charge in [-0.25, -0.2) is 4.39 Å². The normalized spacial score (nSPS) is 10.1. The van der Waals surface area contributed by atoms with Crippen molar-refractivity contribution in [1.29, 1.82) is 0 Å². The van der Waals surface area contributed by atoms with Gasteiger partial charge in [0.2, 0.25) is 0 Å². The van der Waals surface area contributed by atoms with Crippen molar-refractivity contribution >= 4 is 17.3 Å². The van der Waals surface area contributed by atoms with Crippen LogP contribution in [0.1, 0.15) is 13.3 Å². The molecule has 0 radical (unpaired) electrons. The monoisotopic (exact) mass is 256 g/mol. The fraction of sp³-hybridized carbons (Fsp3) is 0.364. The minimum Gasteiger partial charge on any atom is -0.481 e. The van der Waals surface area contributed by atoms with Crippen LogP contribution in [0.25, 0.3) is 0 Å². The van der Waals surface area contributed by atoms with Gasteiger partial charge in [-0.3, -0.25) is 14.9 Å². The van der Waals surface area contributed by atoms with Crippen LogP contribution < -0.4 is 4.90 Å². The molecule has 0 bridgehead atoms. The molecule has 0 aliphatic carbocycles. The lowest BCUT2D eigenvalue weighted by Gasteiger charge is -2.21. The van der Waals surface area contributed by atoms with E-state index < -0.39 is 16.7 Å². The van der Waals surface area contributed by atoms with Crippen molar-refractivity contribution in [3.8, 4) is 0 Å². The van der Waals surface area contributed by atoms with Crippen LogP contribution in [0.15, 0.2) is 18.2 Å². The summed E-state index contributed by atoms with van der Waals surface area (Å²) in [4.78, 5) is 22.2. The fourth-order valence-corrected chi connectivity index (χ4v) is 1.58. The summed E-state index contributed by atoms with van der Waals surface area (Å²) in [6.45, 7) is 2.17. The summed E-state index contributed by atoms with van der Waals surface area (Å²) in [5.41, 5.74) is -0.132. The molecule has 0 aromatic heterocycles. The summed E-state index contributed by atoms with van der Waals surface area (Å²) in [6, 6.07) is 3.13. The number of hydrogen-bond acceptors (Lipinski definition) is 4. The van der Waals surface area contributed by atoms with Crippen molar-refractivity contribution in [3.63, 3.8) is 0 Å². The molecule has 1 aromatic rings. The van der Waals surface area contributed by atoms with E-state index in [1.54, 1.807) is 6.92 Å². The Balaban J connectivity index is 3.06. The van der Waals surface area contributed by atoms with E-state index in [9.17, 15) is 19.3 Å². The maximum absolute atomic E-state index is 13.1. The Labute approximate surface area is 103 Å². The Morgan fingerprint density at radius 2 is 2.22 bits per heavy atom. The van der Waals surface area contributed by atoms with Crippen LogP contribution in [0, 0.1) is 15.9 Å². The Hall–Kier alpha value is -2.18. The topological polar surface area (TPSA) is 83.7 Å². The summed E-state index contributed by atoms with van der Waals surface area (Å²) in [5.74, 6) is -1.60. The van der Waals surface area contributed by atoms with Gasteiger partial charge in [0, 0.05) is 25.2 Å². The molecule has 0 spiro atoms. The molecular formula is C11H13FN2O4. The standard InChI is InChI=1S/C11H13FN2O4/c1-2-13(6-5-11(15)16)10-7-8(12)3-4-9(10)14(17)18/h3-4,7H,2,5-6H2,1H3,(H,15,16). The first-order valence-electron chi connectivity index (χ1n) is 5.36. The molecule has 1 rings (SSSR count). The lowest BCUT2D eigenvalue weighted by Crippen LogP contribution is -2.26. The van der Waals surface area contributed by atoms with Crippen molar-refractivity contribution < 1.29 is 19.2 Å². The highest BCUT2D eigenvalue weighted by Gasteiger charge is 2.19. The first kappa shape index (κ1) is 13.9. The van der Waals surface area contributed by atoms with E-state index in [4.69, 9.17) is 5.11 Å². The molecule has 0 unspecified atom stereocenters. The number of hydrogen-bond donors (Lipinski definition) is 1. The average molecular weight is 256 g/mol. The molecule has 6 nitrogen and oxygen atoms in total. The first-order valence-corrected chi connectivity index (χ1v) is 5.36. The lowest BCUT2D eigenvalue weighted by molar-refractivity contribution is -0.384. The minimum absolute atomic E-state index is 0.0934. The molecule has 0 saturated carbocycles. The van der Waals surface area contributed by atoms with E-state index in [-0.39, 0.29) is 24.3 Å². The van der Waals surface area contributed by atoms with Crippen molar-refractivity contribution in [2.45, 2.75) is 13.3 Å². The Bertz CT molecular complexity index is 464. The second-order valence-corrected chi connectivity index (χ2v) is 3.61. The van der Waals surface area contributed by atoms with E-state index in [0.29, 0.717) is 6.54 Å². The van der Waals surface area contributed by atoms with Gasteiger partial charge < -0.3 is 10.0 Å². The van der Waals surface area contributed by atoms with Gasteiger partial charge in [0.05, 0.1) is 11.3 Å². The maximum Gasteiger partial charge on any atom is 0.305 e. The fourth-order valence-electron chi connectivity index (χ4n) is 1.58. The Kier molecular flexibility index (Phi) is 4.59. The predicted octanol–water partition coefficient (Wildman–Crippen LogP) is 2.03. The number of carboxylic acid groups (broad SMARTS) is 1. The number of carboxylic acids is 1. The van der Waals surface area contributed by atoms with E-state index in [1.807, 2.05) is 0 Å². The van der Waals surface area contributed by atoms with Crippen molar-refractivity contribution in [1.82, 2.24) is 0 Å². The molecule has 0 saturated heterocycles. The SMILES string of the molecule is CCN(CCC(=O)O)c1cc(F)ccc1[N+](=O)[O-]. The molecule has 18 heavy (non-hydrogen) atoms. The van der Waals surface area contributed by atoms with Crippen LogP contribution in [0.2, 0.25) is 0 Å². The van der Waals surface area contributed by atoms with Gasteiger partial charge >= 0.3 is 5.97 Å². The van der Waals surface area contributed by atoms with Gasteiger partial charge in [-0.2, -0.15) is 0 Å². The molecule has 0 fully saturated rings.